The average molecular weight is 288 g/mol. The molecule has 6 heteroatoms. The number of carbonyl (C=O) groups is 1. The smallest absolute Gasteiger partial charge is 0.343 e. The highest BCUT2D eigenvalue weighted by Gasteiger charge is 2.30. The molecule has 3 nitrogen and oxygen atoms in total. The van der Waals surface area contributed by atoms with E-state index in [1.165, 1.54) is 12.1 Å². The van der Waals surface area contributed by atoms with Crippen LogP contribution in [0.15, 0.2) is 24.3 Å². The first-order chi connectivity index (χ1) is 9.25. The van der Waals surface area contributed by atoms with Gasteiger partial charge in [0.1, 0.15) is 0 Å². The molecule has 1 aromatic carbocycles. The van der Waals surface area contributed by atoms with Crippen molar-refractivity contribution in [1.29, 1.82) is 0 Å². The SMILES string of the molecule is CC(CCN)N(C)C(=O)Cc1ccc(C(F)(F)F)cc1. The molecule has 1 amide bonds. The van der Waals surface area contributed by atoms with Gasteiger partial charge in [0.05, 0.1) is 12.0 Å². The normalized spacial score (nSPS) is 13.1. The van der Waals surface area contributed by atoms with Gasteiger partial charge in [0.2, 0.25) is 5.91 Å². The summed E-state index contributed by atoms with van der Waals surface area (Å²) in [6.45, 7) is 2.37. The Morgan fingerprint density at radius 3 is 2.30 bits per heavy atom. The van der Waals surface area contributed by atoms with Gasteiger partial charge in [-0.25, -0.2) is 0 Å². The molecule has 0 aliphatic rings. The Hall–Kier alpha value is -1.56. The molecule has 1 rings (SSSR count). The molecule has 112 valence electrons. The summed E-state index contributed by atoms with van der Waals surface area (Å²) in [7, 11) is 1.67. The van der Waals surface area contributed by atoms with Crippen LogP contribution in [-0.2, 0) is 17.4 Å². The highest BCUT2D eigenvalue weighted by molar-refractivity contribution is 5.78. The van der Waals surface area contributed by atoms with Gasteiger partial charge in [-0.1, -0.05) is 12.1 Å². The first-order valence-electron chi connectivity index (χ1n) is 6.37. The van der Waals surface area contributed by atoms with Crippen molar-refractivity contribution in [3.8, 4) is 0 Å². The molecule has 1 aromatic rings. The number of nitrogens with zero attached hydrogens (tertiary/aromatic N) is 1. The van der Waals surface area contributed by atoms with E-state index in [-0.39, 0.29) is 18.4 Å². The number of halogens is 3. The third-order valence-electron chi connectivity index (χ3n) is 3.28. The van der Waals surface area contributed by atoms with Crippen LogP contribution in [0.4, 0.5) is 13.2 Å². The summed E-state index contributed by atoms with van der Waals surface area (Å²) in [4.78, 5) is 13.5. The number of hydrogen-bond donors (Lipinski definition) is 1. The van der Waals surface area contributed by atoms with E-state index >= 15 is 0 Å². The molecule has 2 N–H and O–H groups in total. The molecule has 1 atom stereocenters. The minimum Gasteiger partial charge on any atom is -0.343 e. The van der Waals surface area contributed by atoms with Crippen molar-refractivity contribution < 1.29 is 18.0 Å². The monoisotopic (exact) mass is 288 g/mol. The number of alkyl halides is 3. The summed E-state index contributed by atoms with van der Waals surface area (Å²) in [6, 6.07) is 4.67. The topological polar surface area (TPSA) is 46.3 Å². The molecule has 0 saturated heterocycles. The van der Waals surface area contributed by atoms with Crippen molar-refractivity contribution in [1.82, 2.24) is 4.90 Å². The van der Waals surface area contributed by atoms with Crippen molar-refractivity contribution in [3.05, 3.63) is 35.4 Å². The lowest BCUT2D eigenvalue weighted by molar-refractivity contribution is -0.137. The summed E-state index contributed by atoms with van der Waals surface area (Å²) >= 11 is 0. The van der Waals surface area contributed by atoms with Gasteiger partial charge in [-0.05, 0) is 37.6 Å². The van der Waals surface area contributed by atoms with E-state index in [9.17, 15) is 18.0 Å². The van der Waals surface area contributed by atoms with Crippen molar-refractivity contribution in [2.24, 2.45) is 5.73 Å². The number of carbonyl (C=O) groups excluding carboxylic acids is 1. The predicted molar refractivity (Wildman–Crippen MR) is 71.1 cm³/mol. The number of amides is 1. The molecule has 0 spiro atoms. The fourth-order valence-electron chi connectivity index (χ4n) is 1.79. The fourth-order valence-corrected chi connectivity index (χ4v) is 1.79. The van der Waals surface area contributed by atoms with Gasteiger partial charge in [-0.3, -0.25) is 4.79 Å². The second kappa shape index (κ2) is 6.74. The van der Waals surface area contributed by atoms with E-state index in [0.717, 1.165) is 12.1 Å². The van der Waals surface area contributed by atoms with Crippen LogP contribution in [0.25, 0.3) is 0 Å². The van der Waals surface area contributed by atoms with Gasteiger partial charge in [0.25, 0.3) is 0 Å². The third-order valence-corrected chi connectivity index (χ3v) is 3.28. The van der Waals surface area contributed by atoms with Crippen molar-refractivity contribution >= 4 is 5.91 Å². The zero-order valence-corrected chi connectivity index (χ0v) is 11.6. The molecule has 0 aliphatic heterocycles. The maximum atomic E-state index is 12.4. The summed E-state index contributed by atoms with van der Waals surface area (Å²) in [5.41, 5.74) is 5.29. The maximum Gasteiger partial charge on any atom is 0.416 e. The van der Waals surface area contributed by atoms with E-state index in [4.69, 9.17) is 5.73 Å². The molecular formula is C14H19F3N2O. The molecule has 0 saturated carbocycles. The number of nitrogens with two attached hydrogens (primary N) is 1. The largest absolute Gasteiger partial charge is 0.416 e. The molecule has 0 bridgehead atoms. The van der Waals surface area contributed by atoms with Crippen LogP contribution < -0.4 is 5.73 Å². The van der Waals surface area contributed by atoms with Crippen LogP contribution in [0.5, 0.6) is 0 Å². The minimum absolute atomic E-state index is 0.0157. The summed E-state index contributed by atoms with van der Waals surface area (Å²) in [6.07, 6.45) is -3.58. The Kier molecular flexibility index (Phi) is 5.56. The van der Waals surface area contributed by atoms with Gasteiger partial charge in [-0.15, -0.1) is 0 Å². The van der Waals surface area contributed by atoms with Crippen LogP contribution in [0.1, 0.15) is 24.5 Å². The molecule has 0 heterocycles. The Balaban J connectivity index is 2.67. The van der Waals surface area contributed by atoms with E-state index in [1.54, 1.807) is 11.9 Å². The van der Waals surface area contributed by atoms with Gasteiger partial charge in [0.15, 0.2) is 0 Å². The van der Waals surface area contributed by atoms with Crippen molar-refractivity contribution in [2.75, 3.05) is 13.6 Å². The number of benzene rings is 1. The zero-order chi connectivity index (χ0) is 15.3. The van der Waals surface area contributed by atoms with Gasteiger partial charge in [-0.2, -0.15) is 13.2 Å². The summed E-state index contributed by atoms with van der Waals surface area (Å²) in [5.74, 6) is -0.134. The molecule has 20 heavy (non-hydrogen) atoms. The Bertz CT molecular complexity index is 443. The Morgan fingerprint density at radius 2 is 1.85 bits per heavy atom. The predicted octanol–water partition coefficient (Wildman–Crippen LogP) is 2.44. The van der Waals surface area contributed by atoms with Crippen LogP contribution in [0.2, 0.25) is 0 Å². The second-order valence-corrected chi connectivity index (χ2v) is 4.80. The summed E-state index contributed by atoms with van der Waals surface area (Å²) in [5, 5.41) is 0. The number of hydrogen-bond acceptors (Lipinski definition) is 2. The maximum absolute atomic E-state index is 12.4. The van der Waals surface area contributed by atoms with Crippen LogP contribution in [0.3, 0.4) is 0 Å². The van der Waals surface area contributed by atoms with Crippen LogP contribution in [0, 0.1) is 0 Å². The summed E-state index contributed by atoms with van der Waals surface area (Å²) < 4.78 is 37.2. The Morgan fingerprint density at radius 1 is 1.30 bits per heavy atom. The standard InChI is InChI=1S/C14H19F3N2O/c1-10(7-8-18)19(2)13(20)9-11-3-5-12(6-4-11)14(15,16)17/h3-6,10H,7-9,18H2,1-2H3. The lowest BCUT2D eigenvalue weighted by atomic mass is 10.1. The average Bonchev–Trinajstić information content (AvgIpc) is 2.37. The highest BCUT2D eigenvalue weighted by Crippen LogP contribution is 2.29. The van der Waals surface area contributed by atoms with Gasteiger partial charge >= 0.3 is 6.18 Å². The van der Waals surface area contributed by atoms with E-state index in [0.29, 0.717) is 18.5 Å². The van der Waals surface area contributed by atoms with E-state index in [1.807, 2.05) is 6.92 Å². The minimum atomic E-state index is -4.35. The second-order valence-electron chi connectivity index (χ2n) is 4.80. The molecule has 0 aromatic heterocycles. The van der Waals surface area contributed by atoms with Gasteiger partial charge in [0, 0.05) is 13.1 Å². The Labute approximate surface area is 116 Å². The first kappa shape index (κ1) is 16.5. The lowest BCUT2D eigenvalue weighted by Gasteiger charge is -2.24. The van der Waals surface area contributed by atoms with Crippen LogP contribution >= 0.6 is 0 Å². The molecular weight excluding hydrogens is 269 g/mol. The lowest BCUT2D eigenvalue weighted by Crippen LogP contribution is -2.37. The van der Waals surface area contributed by atoms with E-state index in [2.05, 4.69) is 0 Å². The molecule has 0 fully saturated rings. The van der Waals surface area contributed by atoms with Crippen LogP contribution in [-0.4, -0.2) is 30.4 Å². The highest BCUT2D eigenvalue weighted by atomic mass is 19.4. The molecule has 0 radical (unpaired) electrons. The third kappa shape index (κ3) is 4.52. The first-order valence-corrected chi connectivity index (χ1v) is 6.37. The number of rotatable bonds is 5. The quantitative estimate of drug-likeness (QED) is 0.904. The molecule has 0 aliphatic carbocycles. The fraction of sp³-hybridized carbons (Fsp3) is 0.500. The zero-order valence-electron chi connectivity index (χ0n) is 11.6. The van der Waals surface area contributed by atoms with Gasteiger partial charge < -0.3 is 10.6 Å². The van der Waals surface area contributed by atoms with Crippen molar-refractivity contribution in [3.63, 3.8) is 0 Å². The van der Waals surface area contributed by atoms with E-state index < -0.39 is 11.7 Å². The van der Waals surface area contributed by atoms with Crippen molar-refractivity contribution in [2.45, 2.75) is 32.0 Å². The molecule has 1 unspecified atom stereocenters. The number of likely N-dealkylation sites (N-methyl/N-ethyl adjacent to an activating group) is 1.